The summed E-state index contributed by atoms with van der Waals surface area (Å²) in [7, 11) is 4.84. The minimum absolute atomic E-state index is 0.699. The summed E-state index contributed by atoms with van der Waals surface area (Å²) in [6.45, 7) is 18.0. The Kier molecular flexibility index (Phi) is 31.1. The number of hydrogen-bond donors (Lipinski definition) is 0. The molecule has 1 rings (SSSR count). The standard InChI is InChI=1S/C10H12O3.4CO.Cr/c1-11-7-8-4-5-9(12-2)6-10(8)13-3;4*1-2;/h4-6H,1-3H3;;;;;. The van der Waals surface area contributed by atoms with Crippen LogP contribution in [0.15, 0.2) is 18.2 Å². The van der Waals surface area contributed by atoms with E-state index in [-0.39, 0.29) is 0 Å². The molecule has 0 aliphatic carbocycles. The SMILES string of the molecule is CO[C](=[Cr])c1ccc(OC)cc1OC.[C-]#[O+].[C-]#[O+].[C-]#[O+].[C-]#[O+]. The molecule has 0 saturated heterocycles. The fourth-order valence-corrected chi connectivity index (χ4v) is 1.34. The fourth-order valence-electron chi connectivity index (χ4n) is 1.08. The summed E-state index contributed by atoms with van der Waals surface area (Å²) in [6.07, 6.45) is 0. The van der Waals surface area contributed by atoms with Gasteiger partial charge in [-0.1, -0.05) is 0 Å². The molecule has 0 amide bonds. The summed E-state index contributed by atoms with van der Waals surface area (Å²) in [5, 5.41) is 0. The van der Waals surface area contributed by atoms with Crippen LogP contribution in [0.4, 0.5) is 0 Å². The first kappa shape index (κ1) is 28.3. The number of rotatable bonds is 4. The number of hydrogen-bond acceptors (Lipinski definition) is 3. The third kappa shape index (κ3) is 11.9. The van der Waals surface area contributed by atoms with Crippen molar-refractivity contribution in [1.82, 2.24) is 0 Å². The van der Waals surface area contributed by atoms with E-state index < -0.39 is 0 Å². The van der Waals surface area contributed by atoms with Crippen molar-refractivity contribution in [3.05, 3.63) is 50.4 Å². The molecule has 0 aromatic heterocycles. The van der Waals surface area contributed by atoms with Crippen LogP contribution in [0.2, 0.25) is 0 Å². The zero-order chi connectivity index (χ0) is 18.6. The predicted octanol–water partition coefficient (Wildman–Crippen LogP) is 1.22. The van der Waals surface area contributed by atoms with Gasteiger partial charge in [-0.15, -0.1) is 0 Å². The Morgan fingerprint density at radius 3 is 1.64 bits per heavy atom. The molecule has 116 valence electrons. The number of benzene rings is 1. The molecule has 0 radical (unpaired) electrons. The van der Waals surface area contributed by atoms with E-state index in [9.17, 15) is 0 Å². The molecule has 22 heavy (non-hydrogen) atoms. The molecule has 8 heteroatoms. The molecule has 0 aliphatic heterocycles. The monoisotopic (exact) mass is 344 g/mol. The van der Waals surface area contributed by atoms with Crippen LogP contribution >= 0.6 is 0 Å². The average molecular weight is 344 g/mol. The molecule has 0 saturated carbocycles. The second kappa shape index (κ2) is 24.2. The van der Waals surface area contributed by atoms with Gasteiger partial charge in [0.05, 0.1) is 0 Å². The van der Waals surface area contributed by atoms with Gasteiger partial charge in [0.15, 0.2) is 0 Å². The van der Waals surface area contributed by atoms with Crippen molar-refractivity contribution in [3.8, 4) is 11.5 Å². The molecule has 7 nitrogen and oxygen atoms in total. The Hall–Kier alpha value is -1.86. The molecule has 0 unspecified atom stereocenters. The molecule has 1 aromatic rings. The van der Waals surface area contributed by atoms with Gasteiger partial charge in [0, 0.05) is 0 Å². The summed E-state index contributed by atoms with van der Waals surface area (Å²) in [6, 6.07) is 5.55. The quantitative estimate of drug-likeness (QED) is 0.605. The molecule has 0 N–H and O–H groups in total. The third-order valence-electron chi connectivity index (χ3n) is 1.81. The normalized spacial score (nSPS) is 6.50. The van der Waals surface area contributed by atoms with Crippen LogP contribution in [-0.4, -0.2) is 25.9 Å². The number of methoxy groups -OCH3 is 3. The van der Waals surface area contributed by atoms with E-state index in [4.69, 9.17) is 32.8 Å². The fraction of sp³-hybridized carbons (Fsp3) is 0.214. The van der Waals surface area contributed by atoms with Crippen molar-refractivity contribution in [2.45, 2.75) is 0 Å². The van der Waals surface area contributed by atoms with Gasteiger partial charge in [0.2, 0.25) is 0 Å². The minimum atomic E-state index is 0.699. The van der Waals surface area contributed by atoms with E-state index >= 15 is 0 Å². The van der Waals surface area contributed by atoms with E-state index in [1.54, 1.807) is 21.3 Å². The van der Waals surface area contributed by atoms with Gasteiger partial charge in [-0.3, -0.25) is 0 Å². The van der Waals surface area contributed by atoms with Crippen molar-refractivity contribution in [2.24, 2.45) is 0 Å². The second-order valence-corrected chi connectivity index (χ2v) is 3.14. The average Bonchev–Trinajstić information content (AvgIpc) is 2.66. The number of ether oxygens (including phenoxy) is 3. The van der Waals surface area contributed by atoms with Crippen LogP contribution in [0.5, 0.6) is 11.5 Å². The Balaban J connectivity index is -0.000000175. The summed E-state index contributed by atoms with van der Waals surface area (Å²) < 4.78 is 46.1. The Labute approximate surface area is 137 Å². The van der Waals surface area contributed by atoms with Gasteiger partial charge in [0.25, 0.3) is 0 Å². The maximum atomic E-state index is 7.50. The first-order chi connectivity index (χ1) is 10.7. The molecule has 0 fully saturated rings. The molecular weight excluding hydrogens is 332 g/mol. The molecule has 0 atom stereocenters. The Morgan fingerprint density at radius 2 is 1.32 bits per heavy atom. The van der Waals surface area contributed by atoms with E-state index in [1.807, 2.05) is 18.2 Å². The van der Waals surface area contributed by atoms with Crippen molar-refractivity contribution in [2.75, 3.05) is 21.3 Å². The van der Waals surface area contributed by atoms with Crippen LogP contribution in [0.3, 0.4) is 0 Å². The molecule has 0 heterocycles. The second-order valence-electron chi connectivity index (χ2n) is 2.56. The van der Waals surface area contributed by atoms with E-state index in [0.717, 1.165) is 17.1 Å². The zero-order valence-corrected chi connectivity index (χ0v) is 13.3. The maximum absolute atomic E-state index is 7.50. The molecular formula is C14H12CrO7. The van der Waals surface area contributed by atoms with Gasteiger partial charge >= 0.3 is 136 Å². The molecule has 0 spiro atoms. The van der Waals surface area contributed by atoms with Crippen molar-refractivity contribution in [1.29, 1.82) is 0 Å². The van der Waals surface area contributed by atoms with Gasteiger partial charge in [-0.2, -0.15) is 0 Å². The first-order valence-corrected chi connectivity index (χ1v) is 5.48. The third-order valence-corrected chi connectivity index (χ3v) is 2.42. The van der Waals surface area contributed by atoms with Crippen LogP contribution < -0.4 is 9.47 Å². The van der Waals surface area contributed by atoms with Crippen LogP contribution in [0.1, 0.15) is 5.56 Å². The Bertz CT molecular complexity index is 465. The van der Waals surface area contributed by atoms with E-state index in [1.165, 1.54) is 0 Å². The van der Waals surface area contributed by atoms with Crippen LogP contribution in [0.25, 0.3) is 0 Å². The first-order valence-electron chi connectivity index (χ1n) is 4.85. The molecule has 0 aliphatic rings. The molecule has 0 bridgehead atoms. The van der Waals surface area contributed by atoms with Crippen molar-refractivity contribution in [3.63, 3.8) is 0 Å². The van der Waals surface area contributed by atoms with Gasteiger partial charge in [-0.05, 0) is 0 Å². The zero-order valence-electron chi connectivity index (χ0n) is 12.0. The summed E-state index contributed by atoms with van der Waals surface area (Å²) in [5.74, 6) is 1.48. The van der Waals surface area contributed by atoms with Crippen LogP contribution in [0, 0.1) is 26.6 Å². The van der Waals surface area contributed by atoms with Gasteiger partial charge in [-0.25, -0.2) is 0 Å². The van der Waals surface area contributed by atoms with Gasteiger partial charge < -0.3 is 0 Å². The summed E-state index contributed by atoms with van der Waals surface area (Å²) in [5.41, 5.74) is 0.885. The van der Waals surface area contributed by atoms with Crippen molar-refractivity contribution >= 4 is 4.57 Å². The Morgan fingerprint density at radius 1 is 0.864 bits per heavy atom. The van der Waals surface area contributed by atoms with Gasteiger partial charge in [0.1, 0.15) is 0 Å². The van der Waals surface area contributed by atoms with E-state index in [2.05, 4.69) is 42.5 Å². The summed E-state index contributed by atoms with van der Waals surface area (Å²) >= 11 is 2.83. The molecule has 1 aromatic carbocycles. The van der Waals surface area contributed by atoms with Crippen LogP contribution in [-0.2, 0) is 39.2 Å². The topological polar surface area (TPSA) is 107 Å². The predicted molar refractivity (Wildman–Crippen MR) is 66.4 cm³/mol. The van der Waals surface area contributed by atoms with E-state index in [0.29, 0.717) is 4.57 Å². The summed E-state index contributed by atoms with van der Waals surface area (Å²) in [4.78, 5) is 0. The van der Waals surface area contributed by atoms with Crippen molar-refractivity contribution < 1.29 is 48.7 Å².